The zero-order valence-corrected chi connectivity index (χ0v) is 12.9. The fourth-order valence-corrected chi connectivity index (χ4v) is 2.85. The molecule has 2 heterocycles. The Morgan fingerprint density at radius 3 is 2.70 bits per heavy atom. The molecule has 108 valence electrons. The molecule has 0 aliphatic carbocycles. The van der Waals surface area contributed by atoms with Crippen LogP contribution in [-0.2, 0) is 6.42 Å². The number of halogens is 3. The summed E-state index contributed by atoms with van der Waals surface area (Å²) in [5.41, 5.74) is 0.630. The number of aromatic nitrogens is 2. The molecule has 1 saturated heterocycles. The number of hydrogen-bond acceptors (Lipinski definition) is 4. The highest BCUT2D eigenvalue weighted by molar-refractivity contribution is 6.38. The zero-order valence-electron chi connectivity index (χ0n) is 10.6. The molecule has 0 spiro atoms. The van der Waals surface area contributed by atoms with Crippen LogP contribution in [0, 0.1) is 5.92 Å². The molecule has 20 heavy (non-hydrogen) atoms. The molecule has 0 bridgehead atoms. The maximum atomic E-state index is 6.13. The first-order valence-electron chi connectivity index (χ1n) is 6.21. The molecule has 1 aliphatic rings. The number of nitrogens with one attached hydrogen (secondary N) is 1. The van der Waals surface area contributed by atoms with E-state index >= 15 is 0 Å². The molecule has 2 aromatic rings. The Bertz CT molecular complexity index is 562. The van der Waals surface area contributed by atoms with Crippen molar-refractivity contribution in [1.82, 2.24) is 15.5 Å². The smallest absolute Gasteiger partial charge is 0.227 e. The Balaban J connectivity index is 0.00000147. The normalized spacial score (nSPS) is 18.0. The minimum atomic E-state index is 0. The Morgan fingerprint density at radius 1 is 1.30 bits per heavy atom. The van der Waals surface area contributed by atoms with Crippen LogP contribution in [-0.4, -0.2) is 23.2 Å². The van der Waals surface area contributed by atoms with Crippen molar-refractivity contribution in [2.75, 3.05) is 13.1 Å². The van der Waals surface area contributed by atoms with E-state index < -0.39 is 0 Å². The number of nitrogens with zero attached hydrogens (tertiary/aromatic N) is 2. The van der Waals surface area contributed by atoms with Crippen LogP contribution in [0.1, 0.15) is 12.3 Å². The van der Waals surface area contributed by atoms with Crippen LogP contribution < -0.4 is 5.32 Å². The highest BCUT2D eigenvalue weighted by atomic mass is 35.5. The van der Waals surface area contributed by atoms with Crippen molar-refractivity contribution in [3.05, 3.63) is 34.1 Å². The van der Waals surface area contributed by atoms with Gasteiger partial charge in [-0.3, -0.25) is 0 Å². The van der Waals surface area contributed by atoms with Gasteiger partial charge in [-0.05, 0) is 37.6 Å². The van der Waals surface area contributed by atoms with Gasteiger partial charge in [-0.15, -0.1) is 12.4 Å². The van der Waals surface area contributed by atoms with E-state index in [0.717, 1.165) is 25.9 Å². The molecule has 1 aliphatic heterocycles. The standard InChI is InChI=1S/C13H13Cl2N3O.ClH/c14-9-2-1-3-10(15)12(9)13-17-11(19-18-13)6-8-4-5-16-7-8;/h1-3,8,16H,4-7H2;1H. The van der Waals surface area contributed by atoms with E-state index in [1.807, 2.05) is 0 Å². The Morgan fingerprint density at radius 2 is 2.05 bits per heavy atom. The molecule has 0 amide bonds. The lowest BCUT2D eigenvalue weighted by Crippen LogP contribution is -2.10. The van der Waals surface area contributed by atoms with Crippen molar-refractivity contribution in [2.45, 2.75) is 12.8 Å². The first kappa shape index (κ1) is 15.6. The maximum absolute atomic E-state index is 6.13. The molecular weight excluding hydrogens is 321 g/mol. The Hall–Kier alpha value is -0.810. The quantitative estimate of drug-likeness (QED) is 0.931. The van der Waals surface area contributed by atoms with Gasteiger partial charge >= 0.3 is 0 Å². The van der Waals surface area contributed by atoms with E-state index in [1.165, 1.54) is 0 Å². The molecule has 3 rings (SSSR count). The number of hydrogen-bond donors (Lipinski definition) is 1. The van der Waals surface area contributed by atoms with Gasteiger partial charge in [0.05, 0.1) is 15.6 Å². The summed E-state index contributed by atoms with van der Waals surface area (Å²) in [6.07, 6.45) is 1.94. The average molecular weight is 335 g/mol. The summed E-state index contributed by atoms with van der Waals surface area (Å²) in [5.74, 6) is 1.66. The van der Waals surface area contributed by atoms with Crippen LogP contribution in [0.5, 0.6) is 0 Å². The van der Waals surface area contributed by atoms with Crippen LogP contribution in [0.15, 0.2) is 22.7 Å². The molecule has 1 aromatic heterocycles. The molecule has 0 saturated carbocycles. The largest absolute Gasteiger partial charge is 0.339 e. The highest BCUT2D eigenvalue weighted by Crippen LogP contribution is 2.32. The molecule has 4 nitrogen and oxygen atoms in total. The molecule has 1 atom stereocenters. The van der Waals surface area contributed by atoms with Crippen LogP contribution in [0.4, 0.5) is 0 Å². The van der Waals surface area contributed by atoms with E-state index in [1.54, 1.807) is 18.2 Å². The van der Waals surface area contributed by atoms with Crippen LogP contribution in [0.25, 0.3) is 11.4 Å². The van der Waals surface area contributed by atoms with Gasteiger partial charge in [0, 0.05) is 6.42 Å². The predicted octanol–water partition coefficient (Wildman–Crippen LogP) is 3.62. The summed E-state index contributed by atoms with van der Waals surface area (Å²) in [7, 11) is 0. The maximum Gasteiger partial charge on any atom is 0.227 e. The predicted molar refractivity (Wildman–Crippen MR) is 81.7 cm³/mol. The van der Waals surface area contributed by atoms with Crippen molar-refractivity contribution in [3.8, 4) is 11.4 Å². The third kappa shape index (κ3) is 3.26. The Labute approximate surface area is 133 Å². The second-order valence-electron chi connectivity index (χ2n) is 4.67. The molecule has 1 N–H and O–H groups in total. The van der Waals surface area contributed by atoms with Crippen molar-refractivity contribution in [1.29, 1.82) is 0 Å². The molecule has 1 aromatic carbocycles. The third-order valence-corrected chi connectivity index (χ3v) is 3.91. The molecule has 7 heteroatoms. The van der Waals surface area contributed by atoms with Gasteiger partial charge in [0.1, 0.15) is 0 Å². The lowest BCUT2D eigenvalue weighted by molar-refractivity contribution is 0.358. The minimum absolute atomic E-state index is 0. The summed E-state index contributed by atoms with van der Waals surface area (Å²) in [6, 6.07) is 5.32. The van der Waals surface area contributed by atoms with Crippen molar-refractivity contribution in [3.63, 3.8) is 0 Å². The summed E-state index contributed by atoms with van der Waals surface area (Å²) < 4.78 is 5.28. The van der Waals surface area contributed by atoms with Gasteiger partial charge in [-0.25, -0.2) is 0 Å². The van der Waals surface area contributed by atoms with Crippen molar-refractivity contribution < 1.29 is 4.52 Å². The average Bonchev–Trinajstić information content (AvgIpc) is 3.02. The van der Waals surface area contributed by atoms with Gasteiger partial charge < -0.3 is 9.84 Å². The van der Waals surface area contributed by atoms with Gasteiger partial charge in [-0.2, -0.15) is 4.98 Å². The molecule has 1 fully saturated rings. The van der Waals surface area contributed by atoms with Gasteiger partial charge in [0.15, 0.2) is 0 Å². The van der Waals surface area contributed by atoms with Gasteiger partial charge in [0.2, 0.25) is 11.7 Å². The number of rotatable bonds is 3. The van der Waals surface area contributed by atoms with E-state index in [9.17, 15) is 0 Å². The zero-order chi connectivity index (χ0) is 13.2. The lowest BCUT2D eigenvalue weighted by atomic mass is 10.1. The number of benzene rings is 1. The van der Waals surface area contributed by atoms with Crippen LogP contribution in [0.3, 0.4) is 0 Å². The minimum Gasteiger partial charge on any atom is -0.339 e. The summed E-state index contributed by atoms with van der Waals surface area (Å²) in [6.45, 7) is 2.06. The van der Waals surface area contributed by atoms with Crippen LogP contribution in [0.2, 0.25) is 10.0 Å². The third-order valence-electron chi connectivity index (χ3n) is 3.28. The lowest BCUT2D eigenvalue weighted by Gasteiger charge is -2.02. The fourth-order valence-electron chi connectivity index (χ4n) is 2.29. The molecule has 0 radical (unpaired) electrons. The summed E-state index contributed by atoms with van der Waals surface area (Å²) >= 11 is 12.3. The van der Waals surface area contributed by atoms with Crippen LogP contribution >= 0.6 is 35.6 Å². The molecule has 1 unspecified atom stereocenters. The van der Waals surface area contributed by atoms with E-state index in [0.29, 0.717) is 33.2 Å². The summed E-state index contributed by atoms with van der Waals surface area (Å²) in [4.78, 5) is 4.39. The topological polar surface area (TPSA) is 51.0 Å². The SMILES string of the molecule is Cl.Clc1cccc(Cl)c1-c1noc(CC2CCNC2)n1. The van der Waals surface area contributed by atoms with E-state index in [-0.39, 0.29) is 12.4 Å². The van der Waals surface area contributed by atoms with Crippen molar-refractivity contribution in [2.24, 2.45) is 5.92 Å². The van der Waals surface area contributed by atoms with Crippen molar-refractivity contribution >= 4 is 35.6 Å². The molecular formula is C13H14Cl3N3O. The first-order valence-corrected chi connectivity index (χ1v) is 6.97. The fraction of sp³-hybridized carbons (Fsp3) is 0.385. The van der Waals surface area contributed by atoms with Gasteiger partial charge in [0.25, 0.3) is 0 Å². The summed E-state index contributed by atoms with van der Waals surface area (Å²) in [5, 5.41) is 8.35. The second kappa shape index (κ2) is 6.76. The second-order valence-corrected chi connectivity index (χ2v) is 5.49. The van der Waals surface area contributed by atoms with E-state index in [4.69, 9.17) is 27.7 Å². The van der Waals surface area contributed by atoms with E-state index in [2.05, 4.69) is 15.5 Å². The first-order chi connectivity index (χ1) is 9.24. The Kier molecular flexibility index (Phi) is 5.27. The van der Waals surface area contributed by atoms with Gasteiger partial charge in [-0.1, -0.05) is 34.4 Å². The monoisotopic (exact) mass is 333 g/mol. The highest BCUT2D eigenvalue weighted by Gasteiger charge is 2.20.